The van der Waals surface area contributed by atoms with Crippen molar-refractivity contribution >= 4 is 11.9 Å². The quantitative estimate of drug-likeness (QED) is 0.719. The third-order valence-electron chi connectivity index (χ3n) is 4.49. The van der Waals surface area contributed by atoms with Gasteiger partial charge in [0.25, 0.3) is 0 Å². The zero-order valence-corrected chi connectivity index (χ0v) is 12.9. The maximum atomic E-state index is 11.9. The Hall–Kier alpha value is -1.06. The molecule has 0 saturated heterocycles. The summed E-state index contributed by atoms with van der Waals surface area (Å²) in [6, 6.07) is 0. The molecule has 1 rings (SSSR count). The maximum absolute atomic E-state index is 11.9. The SMILES string of the molecule is CCCC(CNC(=O)CC(C)C1CCCCC1)C(=O)O. The first-order chi connectivity index (χ1) is 9.54. The Morgan fingerprint density at radius 2 is 1.90 bits per heavy atom. The number of rotatable bonds is 8. The van der Waals surface area contributed by atoms with Gasteiger partial charge in [-0.05, 0) is 18.3 Å². The summed E-state index contributed by atoms with van der Waals surface area (Å²) < 4.78 is 0. The molecular formula is C16H29NO3. The second-order valence-corrected chi connectivity index (χ2v) is 6.21. The first-order valence-corrected chi connectivity index (χ1v) is 8.04. The van der Waals surface area contributed by atoms with E-state index < -0.39 is 11.9 Å². The maximum Gasteiger partial charge on any atom is 0.308 e. The van der Waals surface area contributed by atoms with E-state index >= 15 is 0 Å². The summed E-state index contributed by atoms with van der Waals surface area (Å²) in [5.74, 6) is -0.183. The molecule has 116 valence electrons. The first-order valence-electron chi connectivity index (χ1n) is 8.04. The minimum atomic E-state index is -0.813. The van der Waals surface area contributed by atoms with Crippen molar-refractivity contribution in [2.45, 2.75) is 65.2 Å². The third-order valence-corrected chi connectivity index (χ3v) is 4.49. The molecule has 0 aliphatic heterocycles. The molecule has 1 aliphatic carbocycles. The second-order valence-electron chi connectivity index (χ2n) is 6.21. The van der Waals surface area contributed by atoms with Crippen molar-refractivity contribution in [3.05, 3.63) is 0 Å². The van der Waals surface area contributed by atoms with Crippen molar-refractivity contribution in [1.82, 2.24) is 5.32 Å². The van der Waals surface area contributed by atoms with Gasteiger partial charge < -0.3 is 10.4 Å². The fourth-order valence-corrected chi connectivity index (χ4v) is 3.13. The van der Waals surface area contributed by atoms with E-state index in [1.54, 1.807) is 0 Å². The summed E-state index contributed by atoms with van der Waals surface area (Å²) in [7, 11) is 0. The van der Waals surface area contributed by atoms with Crippen molar-refractivity contribution < 1.29 is 14.7 Å². The highest BCUT2D eigenvalue weighted by molar-refractivity contribution is 5.77. The lowest BCUT2D eigenvalue weighted by Gasteiger charge is -2.27. The highest BCUT2D eigenvalue weighted by Gasteiger charge is 2.23. The molecule has 2 unspecified atom stereocenters. The molecule has 1 amide bonds. The van der Waals surface area contributed by atoms with Crippen LogP contribution in [0.25, 0.3) is 0 Å². The summed E-state index contributed by atoms with van der Waals surface area (Å²) in [5, 5.41) is 11.9. The van der Waals surface area contributed by atoms with E-state index in [9.17, 15) is 9.59 Å². The molecule has 1 aliphatic rings. The predicted octanol–water partition coefficient (Wildman–Crippen LogP) is 3.21. The lowest BCUT2D eigenvalue weighted by atomic mass is 9.79. The van der Waals surface area contributed by atoms with Crippen LogP contribution in [0.2, 0.25) is 0 Å². The van der Waals surface area contributed by atoms with Gasteiger partial charge in [-0.2, -0.15) is 0 Å². The third kappa shape index (κ3) is 5.93. The molecule has 0 aromatic heterocycles. The monoisotopic (exact) mass is 283 g/mol. The van der Waals surface area contributed by atoms with Crippen molar-refractivity contribution in [1.29, 1.82) is 0 Å². The number of carboxylic acid groups (broad SMARTS) is 1. The molecule has 4 heteroatoms. The molecule has 2 atom stereocenters. The van der Waals surface area contributed by atoms with Crippen LogP contribution in [0.15, 0.2) is 0 Å². The predicted molar refractivity (Wildman–Crippen MR) is 79.4 cm³/mol. The number of carbonyl (C=O) groups excluding carboxylic acids is 1. The molecule has 20 heavy (non-hydrogen) atoms. The van der Waals surface area contributed by atoms with Gasteiger partial charge in [0.05, 0.1) is 5.92 Å². The average Bonchev–Trinajstić information content (AvgIpc) is 2.44. The highest BCUT2D eigenvalue weighted by atomic mass is 16.4. The number of nitrogens with one attached hydrogen (secondary N) is 1. The van der Waals surface area contributed by atoms with Crippen LogP contribution in [0.4, 0.5) is 0 Å². The van der Waals surface area contributed by atoms with Crippen LogP contribution in [0.3, 0.4) is 0 Å². The van der Waals surface area contributed by atoms with Crippen LogP contribution in [-0.4, -0.2) is 23.5 Å². The highest BCUT2D eigenvalue weighted by Crippen LogP contribution is 2.31. The Labute approximate surface area is 122 Å². The van der Waals surface area contributed by atoms with Gasteiger partial charge in [-0.25, -0.2) is 0 Å². The van der Waals surface area contributed by atoms with Gasteiger partial charge in [-0.15, -0.1) is 0 Å². The number of aliphatic carboxylic acids is 1. The van der Waals surface area contributed by atoms with E-state index in [2.05, 4.69) is 12.2 Å². The van der Waals surface area contributed by atoms with Crippen molar-refractivity contribution in [3.8, 4) is 0 Å². The summed E-state index contributed by atoms with van der Waals surface area (Å²) in [6.07, 6.45) is 8.35. The van der Waals surface area contributed by atoms with E-state index in [0.29, 0.717) is 24.7 Å². The Kier molecular flexibility index (Phi) is 7.63. The van der Waals surface area contributed by atoms with Crippen LogP contribution in [-0.2, 0) is 9.59 Å². The number of amides is 1. The van der Waals surface area contributed by atoms with Crippen molar-refractivity contribution in [2.24, 2.45) is 17.8 Å². The standard InChI is InChI=1S/C16H29NO3/c1-3-7-14(16(19)20)11-17-15(18)10-12(2)13-8-5-4-6-9-13/h12-14H,3-11H2,1-2H3,(H,17,18)(H,19,20). The van der Waals surface area contributed by atoms with Crippen LogP contribution in [0.5, 0.6) is 0 Å². The van der Waals surface area contributed by atoms with Crippen molar-refractivity contribution in [2.75, 3.05) is 6.54 Å². The van der Waals surface area contributed by atoms with Crippen molar-refractivity contribution in [3.63, 3.8) is 0 Å². The molecule has 4 nitrogen and oxygen atoms in total. The average molecular weight is 283 g/mol. The number of carboxylic acids is 1. The van der Waals surface area contributed by atoms with Crippen LogP contribution < -0.4 is 5.32 Å². The molecule has 0 aromatic carbocycles. The van der Waals surface area contributed by atoms with Crippen LogP contribution in [0.1, 0.15) is 65.2 Å². The Morgan fingerprint density at radius 3 is 2.45 bits per heavy atom. The minimum absolute atomic E-state index is 0.00502. The minimum Gasteiger partial charge on any atom is -0.481 e. The van der Waals surface area contributed by atoms with Gasteiger partial charge >= 0.3 is 5.97 Å². The summed E-state index contributed by atoms with van der Waals surface area (Å²) in [6.45, 7) is 4.37. The smallest absolute Gasteiger partial charge is 0.308 e. The van der Waals surface area contributed by atoms with Crippen LogP contribution in [0, 0.1) is 17.8 Å². The fourth-order valence-electron chi connectivity index (χ4n) is 3.13. The lowest BCUT2D eigenvalue weighted by Crippen LogP contribution is -2.34. The molecule has 1 saturated carbocycles. The number of hydrogen-bond donors (Lipinski definition) is 2. The Balaban J connectivity index is 2.29. The van der Waals surface area contributed by atoms with Gasteiger partial charge in [0.15, 0.2) is 0 Å². The van der Waals surface area contributed by atoms with E-state index in [-0.39, 0.29) is 12.5 Å². The lowest BCUT2D eigenvalue weighted by molar-refractivity contribution is -0.142. The number of carbonyl (C=O) groups is 2. The Morgan fingerprint density at radius 1 is 1.25 bits per heavy atom. The topological polar surface area (TPSA) is 66.4 Å². The summed E-state index contributed by atoms with van der Waals surface area (Å²) >= 11 is 0. The second kappa shape index (κ2) is 8.98. The molecule has 2 N–H and O–H groups in total. The largest absolute Gasteiger partial charge is 0.481 e. The molecular weight excluding hydrogens is 254 g/mol. The van der Waals surface area contributed by atoms with Gasteiger partial charge in [-0.1, -0.05) is 52.4 Å². The van der Waals surface area contributed by atoms with Gasteiger partial charge in [0.2, 0.25) is 5.91 Å². The van der Waals surface area contributed by atoms with Gasteiger partial charge in [-0.3, -0.25) is 9.59 Å². The van der Waals surface area contributed by atoms with E-state index in [0.717, 1.165) is 6.42 Å². The fraction of sp³-hybridized carbons (Fsp3) is 0.875. The molecule has 0 spiro atoms. The normalized spacial score (nSPS) is 19.3. The first kappa shape index (κ1) is 17.0. The zero-order valence-electron chi connectivity index (χ0n) is 12.9. The number of hydrogen-bond acceptors (Lipinski definition) is 2. The van der Waals surface area contributed by atoms with E-state index in [1.165, 1.54) is 32.1 Å². The summed E-state index contributed by atoms with van der Waals surface area (Å²) in [4.78, 5) is 22.9. The molecule has 0 bridgehead atoms. The van der Waals surface area contributed by atoms with Gasteiger partial charge in [0.1, 0.15) is 0 Å². The summed E-state index contributed by atoms with van der Waals surface area (Å²) in [5.41, 5.74) is 0. The molecule has 0 aromatic rings. The zero-order chi connectivity index (χ0) is 15.0. The molecule has 0 heterocycles. The Bertz CT molecular complexity index is 311. The van der Waals surface area contributed by atoms with E-state index in [1.807, 2.05) is 6.92 Å². The molecule has 1 fully saturated rings. The van der Waals surface area contributed by atoms with Gasteiger partial charge in [0, 0.05) is 13.0 Å². The van der Waals surface area contributed by atoms with E-state index in [4.69, 9.17) is 5.11 Å². The molecule has 0 radical (unpaired) electrons. The van der Waals surface area contributed by atoms with Crippen LogP contribution >= 0.6 is 0 Å².